The van der Waals surface area contributed by atoms with E-state index >= 15 is 0 Å². The van der Waals surface area contributed by atoms with Crippen LogP contribution in [0, 0.1) is 6.92 Å². The average molecular weight is 357 g/mol. The third-order valence-electron chi connectivity index (χ3n) is 3.83. The molecule has 6 nitrogen and oxygen atoms in total. The predicted molar refractivity (Wildman–Crippen MR) is 98.8 cm³/mol. The van der Waals surface area contributed by atoms with Gasteiger partial charge >= 0.3 is 5.97 Å². The molecule has 0 saturated heterocycles. The molecule has 2 aromatic rings. The lowest BCUT2D eigenvalue weighted by molar-refractivity contribution is -0.122. The first-order chi connectivity index (χ1) is 12.5. The van der Waals surface area contributed by atoms with Gasteiger partial charge in [0.05, 0.1) is 19.3 Å². The maximum atomic E-state index is 12.5. The summed E-state index contributed by atoms with van der Waals surface area (Å²) in [5, 5.41) is 2.79. The number of hydrogen-bond acceptors (Lipinski definition) is 5. The SMILES string of the molecule is CCOC(=O)c1cccc(NC(=O)[C@@H](C)Oc2ccccc2OC)c1C. The van der Waals surface area contributed by atoms with Gasteiger partial charge in [0.25, 0.3) is 5.91 Å². The maximum Gasteiger partial charge on any atom is 0.338 e. The van der Waals surface area contributed by atoms with Gasteiger partial charge in [-0.1, -0.05) is 18.2 Å². The normalized spacial score (nSPS) is 11.4. The van der Waals surface area contributed by atoms with Crippen molar-refractivity contribution < 1.29 is 23.8 Å². The lowest BCUT2D eigenvalue weighted by atomic mass is 10.1. The van der Waals surface area contributed by atoms with Gasteiger partial charge in [-0.25, -0.2) is 4.79 Å². The second-order valence-electron chi connectivity index (χ2n) is 5.60. The van der Waals surface area contributed by atoms with Gasteiger partial charge in [0.1, 0.15) is 0 Å². The van der Waals surface area contributed by atoms with Crippen LogP contribution < -0.4 is 14.8 Å². The van der Waals surface area contributed by atoms with Crippen LogP contribution in [0.3, 0.4) is 0 Å². The van der Waals surface area contributed by atoms with Crippen molar-refractivity contribution in [1.29, 1.82) is 0 Å². The van der Waals surface area contributed by atoms with Crippen molar-refractivity contribution in [2.45, 2.75) is 26.9 Å². The minimum Gasteiger partial charge on any atom is -0.493 e. The highest BCUT2D eigenvalue weighted by atomic mass is 16.5. The number of carbonyl (C=O) groups is 2. The van der Waals surface area contributed by atoms with E-state index in [2.05, 4.69) is 5.32 Å². The number of methoxy groups -OCH3 is 1. The highest BCUT2D eigenvalue weighted by Gasteiger charge is 2.19. The molecule has 2 rings (SSSR count). The number of nitrogens with one attached hydrogen (secondary N) is 1. The van der Waals surface area contributed by atoms with Crippen LogP contribution in [0.1, 0.15) is 29.8 Å². The van der Waals surface area contributed by atoms with Crippen LogP contribution in [0.15, 0.2) is 42.5 Å². The molecule has 0 bridgehead atoms. The number of anilines is 1. The summed E-state index contributed by atoms with van der Waals surface area (Å²) in [6, 6.07) is 12.2. The minimum atomic E-state index is -0.753. The molecule has 0 aliphatic rings. The summed E-state index contributed by atoms with van der Waals surface area (Å²) in [5.74, 6) is 0.279. The summed E-state index contributed by atoms with van der Waals surface area (Å²) >= 11 is 0. The quantitative estimate of drug-likeness (QED) is 0.767. The molecule has 0 aliphatic heterocycles. The average Bonchev–Trinajstić information content (AvgIpc) is 2.63. The fourth-order valence-electron chi connectivity index (χ4n) is 2.40. The zero-order valence-corrected chi connectivity index (χ0v) is 15.4. The van der Waals surface area contributed by atoms with Gasteiger partial charge in [0, 0.05) is 5.69 Å². The molecule has 6 heteroatoms. The molecule has 1 N–H and O–H groups in total. The van der Waals surface area contributed by atoms with Crippen LogP contribution in [-0.2, 0) is 9.53 Å². The molecule has 0 saturated carbocycles. The van der Waals surface area contributed by atoms with Crippen molar-refractivity contribution in [2.24, 2.45) is 0 Å². The minimum absolute atomic E-state index is 0.290. The van der Waals surface area contributed by atoms with Crippen molar-refractivity contribution in [3.63, 3.8) is 0 Å². The Morgan fingerprint density at radius 3 is 2.42 bits per heavy atom. The van der Waals surface area contributed by atoms with Gasteiger partial charge in [0.2, 0.25) is 0 Å². The van der Waals surface area contributed by atoms with E-state index in [0.29, 0.717) is 34.9 Å². The second kappa shape index (κ2) is 8.89. The van der Waals surface area contributed by atoms with E-state index in [-0.39, 0.29) is 5.91 Å². The number of para-hydroxylation sites is 2. The standard InChI is InChI=1S/C20H23NO5/c1-5-25-20(23)15-9-8-10-16(13(15)2)21-19(22)14(3)26-18-12-7-6-11-17(18)24-4/h6-12,14H,5H2,1-4H3,(H,21,22)/t14-/m1/s1. The van der Waals surface area contributed by atoms with E-state index in [1.807, 2.05) is 6.07 Å². The van der Waals surface area contributed by atoms with Crippen molar-refractivity contribution in [3.8, 4) is 11.5 Å². The molecule has 1 amide bonds. The van der Waals surface area contributed by atoms with Crippen LogP contribution >= 0.6 is 0 Å². The van der Waals surface area contributed by atoms with E-state index in [0.717, 1.165) is 0 Å². The van der Waals surface area contributed by atoms with Gasteiger partial charge in [-0.2, -0.15) is 0 Å². The Hall–Kier alpha value is -3.02. The molecule has 0 aromatic heterocycles. The summed E-state index contributed by atoms with van der Waals surface area (Å²) < 4.78 is 15.9. The van der Waals surface area contributed by atoms with Crippen LogP contribution in [0.5, 0.6) is 11.5 Å². The fraction of sp³-hybridized carbons (Fsp3) is 0.300. The van der Waals surface area contributed by atoms with Crippen molar-refractivity contribution in [3.05, 3.63) is 53.6 Å². The first-order valence-corrected chi connectivity index (χ1v) is 8.35. The summed E-state index contributed by atoms with van der Waals surface area (Å²) in [4.78, 5) is 24.5. The van der Waals surface area contributed by atoms with Crippen molar-refractivity contribution in [2.75, 3.05) is 19.0 Å². The molecule has 26 heavy (non-hydrogen) atoms. The molecule has 0 unspecified atom stereocenters. The van der Waals surface area contributed by atoms with Gasteiger partial charge in [-0.05, 0) is 50.6 Å². The molecule has 0 spiro atoms. The lowest BCUT2D eigenvalue weighted by Gasteiger charge is -2.18. The van der Waals surface area contributed by atoms with E-state index in [4.69, 9.17) is 14.2 Å². The Kier molecular flexibility index (Phi) is 6.60. The highest BCUT2D eigenvalue weighted by molar-refractivity contribution is 5.98. The molecule has 1 atom stereocenters. The summed E-state index contributed by atoms with van der Waals surface area (Å²) in [5.41, 5.74) is 1.60. The summed E-state index contributed by atoms with van der Waals surface area (Å²) in [7, 11) is 1.54. The zero-order valence-electron chi connectivity index (χ0n) is 15.4. The molecule has 0 radical (unpaired) electrons. The van der Waals surface area contributed by atoms with E-state index in [1.54, 1.807) is 57.2 Å². The number of amides is 1. The number of ether oxygens (including phenoxy) is 3. The molecular weight excluding hydrogens is 334 g/mol. The van der Waals surface area contributed by atoms with E-state index in [1.165, 1.54) is 7.11 Å². The Morgan fingerprint density at radius 1 is 1.08 bits per heavy atom. The van der Waals surface area contributed by atoms with E-state index < -0.39 is 12.1 Å². The van der Waals surface area contributed by atoms with Gasteiger partial charge < -0.3 is 19.5 Å². The monoisotopic (exact) mass is 357 g/mol. The van der Waals surface area contributed by atoms with Crippen LogP contribution in [0.2, 0.25) is 0 Å². The Labute approximate surface area is 153 Å². The Balaban J connectivity index is 2.12. The molecule has 2 aromatic carbocycles. The van der Waals surface area contributed by atoms with Gasteiger partial charge in [-0.15, -0.1) is 0 Å². The van der Waals surface area contributed by atoms with E-state index in [9.17, 15) is 9.59 Å². The van der Waals surface area contributed by atoms with Crippen molar-refractivity contribution >= 4 is 17.6 Å². The van der Waals surface area contributed by atoms with Crippen LogP contribution in [0.4, 0.5) is 5.69 Å². The first-order valence-electron chi connectivity index (χ1n) is 8.35. The molecule has 0 heterocycles. The van der Waals surface area contributed by atoms with Gasteiger partial charge in [0.15, 0.2) is 17.6 Å². The smallest absolute Gasteiger partial charge is 0.338 e. The topological polar surface area (TPSA) is 73.9 Å². The number of rotatable bonds is 7. The number of benzene rings is 2. The number of carbonyl (C=O) groups excluding carboxylic acids is 2. The van der Waals surface area contributed by atoms with Gasteiger partial charge in [-0.3, -0.25) is 4.79 Å². The fourth-order valence-corrected chi connectivity index (χ4v) is 2.40. The number of hydrogen-bond donors (Lipinski definition) is 1. The molecule has 0 aliphatic carbocycles. The molecule has 0 fully saturated rings. The summed E-state index contributed by atoms with van der Waals surface area (Å²) in [6.45, 7) is 5.44. The second-order valence-corrected chi connectivity index (χ2v) is 5.60. The molecule has 138 valence electrons. The largest absolute Gasteiger partial charge is 0.493 e. The zero-order chi connectivity index (χ0) is 19.1. The summed E-state index contributed by atoms with van der Waals surface area (Å²) in [6.07, 6.45) is -0.753. The Bertz CT molecular complexity index is 788. The maximum absolute atomic E-state index is 12.5. The number of esters is 1. The predicted octanol–water partition coefficient (Wildman–Crippen LogP) is 3.59. The first kappa shape index (κ1) is 19.3. The highest BCUT2D eigenvalue weighted by Crippen LogP contribution is 2.27. The van der Waals surface area contributed by atoms with Crippen LogP contribution in [-0.4, -0.2) is 31.7 Å². The Morgan fingerprint density at radius 2 is 1.77 bits per heavy atom. The molecular formula is C20H23NO5. The third kappa shape index (κ3) is 4.53. The third-order valence-corrected chi connectivity index (χ3v) is 3.83. The van der Waals surface area contributed by atoms with Crippen molar-refractivity contribution in [1.82, 2.24) is 0 Å². The lowest BCUT2D eigenvalue weighted by Crippen LogP contribution is -2.30. The van der Waals surface area contributed by atoms with Crippen LogP contribution in [0.25, 0.3) is 0 Å².